The van der Waals surface area contributed by atoms with Gasteiger partial charge >= 0.3 is 0 Å². The molecule has 0 radical (unpaired) electrons. The third kappa shape index (κ3) is 2.25. The summed E-state index contributed by atoms with van der Waals surface area (Å²) in [6, 6.07) is 9.58. The van der Waals surface area contributed by atoms with Gasteiger partial charge in [0.15, 0.2) is 6.20 Å². The number of fused-ring (bicyclic) bond motifs is 4. The fourth-order valence-electron chi connectivity index (χ4n) is 5.05. The number of aromatic nitrogens is 2. The number of amides is 1. The van der Waals surface area contributed by atoms with E-state index < -0.39 is 18.0 Å². The summed E-state index contributed by atoms with van der Waals surface area (Å²) in [5, 5.41) is 22.8. The Hall–Kier alpha value is -3.19. The molecule has 0 spiro atoms. The molecular formula is C22H21N3O4. The van der Waals surface area contributed by atoms with E-state index in [9.17, 15) is 19.8 Å². The van der Waals surface area contributed by atoms with E-state index in [-0.39, 0.29) is 17.6 Å². The van der Waals surface area contributed by atoms with Gasteiger partial charge in [-0.2, -0.15) is 4.57 Å². The lowest BCUT2D eigenvalue weighted by Gasteiger charge is -2.45. The lowest BCUT2D eigenvalue weighted by Crippen LogP contribution is -2.62. The molecule has 5 rings (SSSR count). The monoisotopic (exact) mass is 391 g/mol. The number of pyridine rings is 1. The first-order chi connectivity index (χ1) is 13.8. The third-order valence-corrected chi connectivity index (χ3v) is 6.40. The largest absolute Gasteiger partial charge is 0.543 e. The SMILES string of the molecule is C[C@@H](O)[C@H]1C(=O)N2C(C(=O)[O-])=C(c3ccc4c(c3)c3c(ccc[n+]3C)n4C)C[C@H]12. The highest BCUT2D eigenvalue weighted by Crippen LogP contribution is 2.47. The quantitative estimate of drug-likeness (QED) is 0.511. The minimum Gasteiger partial charge on any atom is -0.543 e. The van der Waals surface area contributed by atoms with E-state index in [4.69, 9.17) is 0 Å². The van der Waals surface area contributed by atoms with Crippen molar-refractivity contribution in [2.75, 3.05) is 0 Å². The molecule has 29 heavy (non-hydrogen) atoms. The zero-order valence-corrected chi connectivity index (χ0v) is 16.4. The van der Waals surface area contributed by atoms with Crippen molar-refractivity contribution >= 4 is 39.4 Å². The Bertz CT molecular complexity index is 1250. The molecule has 1 amide bonds. The fraction of sp³-hybridized carbons (Fsp3) is 0.318. The van der Waals surface area contributed by atoms with Crippen LogP contribution in [0.15, 0.2) is 42.2 Å². The molecule has 7 nitrogen and oxygen atoms in total. The van der Waals surface area contributed by atoms with Gasteiger partial charge in [0.2, 0.25) is 11.4 Å². The van der Waals surface area contributed by atoms with Gasteiger partial charge in [-0.1, -0.05) is 6.07 Å². The predicted octanol–water partition coefficient (Wildman–Crippen LogP) is 0.228. The highest BCUT2D eigenvalue weighted by atomic mass is 16.4. The van der Waals surface area contributed by atoms with Gasteiger partial charge in [0, 0.05) is 13.1 Å². The smallest absolute Gasteiger partial charge is 0.238 e. The molecule has 1 N–H and O–H groups in total. The molecule has 3 atom stereocenters. The number of carboxylic acid groups (broad SMARTS) is 1. The molecule has 2 aliphatic heterocycles. The third-order valence-electron chi connectivity index (χ3n) is 6.40. The molecule has 3 aromatic rings. The van der Waals surface area contributed by atoms with Gasteiger partial charge in [0.1, 0.15) is 12.6 Å². The van der Waals surface area contributed by atoms with Crippen LogP contribution in [-0.2, 0) is 23.7 Å². The van der Waals surface area contributed by atoms with Crippen LogP contribution >= 0.6 is 0 Å². The number of nitrogens with zero attached hydrogens (tertiary/aromatic N) is 3. The summed E-state index contributed by atoms with van der Waals surface area (Å²) < 4.78 is 4.15. The van der Waals surface area contributed by atoms with Gasteiger partial charge in [0.25, 0.3) is 0 Å². The summed E-state index contributed by atoms with van der Waals surface area (Å²) in [5.74, 6) is -2.28. The first kappa shape index (κ1) is 17.9. The van der Waals surface area contributed by atoms with E-state index in [1.807, 2.05) is 55.2 Å². The average Bonchev–Trinajstić information content (AvgIpc) is 3.15. The Labute approximate surface area is 167 Å². The minimum absolute atomic E-state index is 0.0686. The Kier molecular flexibility index (Phi) is 3.64. The lowest BCUT2D eigenvalue weighted by molar-refractivity contribution is -0.644. The van der Waals surface area contributed by atoms with Crippen LogP contribution in [0.5, 0.6) is 0 Å². The summed E-state index contributed by atoms with van der Waals surface area (Å²) in [4.78, 5) is 25.6. The molecule has 4 heterocycles. The van der Waals surface area contributed by atoms with Gasteiger partial charge in [0.05, 0.1) is 40.6 Å². The number of aliphatic hydroxyl groups is 1. The highest BCUT2D eigenvalue weighted by Gasteiger charge is 2.55. The standard InChI is InChI=1S/C22H21N3O4/c1-11(26)18-17-10-13(20(22(28)29)25(17)21(18)27)12-6-7-15-14(9-12)19-16(24(15)3)5-4-8-23(19)2/h4-9,11,17-18,26H,10H2,1-3H3/t11-,17-,18-/m1/s1. The van der Waals surface area contributed by atoms with Crippen LogP contribution in [0.3, 0.4) is 0 Å². The van der Waals surface area contributed by atoms with Crippen molar-refractivity contribution in [1.82, 2.24) is 9.47 Å². The normalized spacial score (nSPS) is 22.3. The summed E-state index contributed by atoms with van der Waals surface area (Å²) in [7, 11) is 3.98. The fourth-order valence-corrected chi connectivity index (χ4v) is 5.05. The molecule has 0 bridgehead atoms. The number of aliphatic carboxylic acids is 1. The van der Waals surface area contributed by atoms with Crippen LogP contribution in [0.1, 0.15) is 18.9 Å². The van der Waals surface area contributed by atoms with Gasteiger partial charge in [-0.05, 0) is 42.7 Å². The van der Waals surface area contributed by atoms with Crippen LogP contribution in [0.25, 0.3) is 27.5 Å². The number of carboxylic acids is 1. The number of carbonyl (C=O) groups excluding carboxylic acids is 2. The number of hydrogen-bond acceptors (Lipinski definition) is 4. The molecule has 1 saturated heterocycles. The Morgan fingerprint density at radius 1 is 1.31 bits per heavy atom. The molecule has 7 heteroatoms. The Morgan fingerprint density at radius 3 is 2.76 bits per heavy atom. The maximum absolute atomic E-state index is 12.4. The molecule has 1 aromatic carbocycles. The number of β-lactam (4-membered cyclic amide) rings is 1. The van der Waals surface area contributed by atoms with Crippen molar-refractivity contribution in [3.8, 4) is 0 Å². The second kappa shape index (κ2) is 5.90. The van der Waals surface area contributed by atoms with E-state index >= 15 is 0 Å². The van der Waals surface area contributed by atoms with Gasteiger partial charge in [-0.25, -0.2) is 0 Å². The van der Waals surface area contributed by atoms with Crippen LogP contribution in [-0.4, -0.2) is 38.6 Å². The predicted molar refractivity (Wildman–Crippen MR) is 104 cm³/mol. The molecule has 0 unspecified atom stereocenters. The first-order valence-corrected chi connectivity index (χ1v) is 9.64. The van der Waals surface area contributed by atoms with E-state index in [0.717, 1.165) is 27.5 Å². The highest BCUT2D eigenvalue weighted by molar-refractivity contribution is 6.08. The summed E-state index contributed by atoms with van der Waals surface area (Å²) in [6.07, 6.45) is 1.56. The lowest BCUT2D eigenvalue weighted by atomic mass is 9.82. The summed E-state index contributed by atoms with van der Waals surface area (Å²) in [6.45, 7) is 1.57. The van der Waals surface area contributed by atoms with Crippen LogP contribution in [0, 0.1) is 5.92 Å². The van der Waals surface area contributed by atoms with E-state index in [0.29, 0.717) is 12.0 Å². The van der Waals surface area contributed by atoms with Gasteiger partial charge in [-0.3, -0.25) is 4.79 Å². The molecule has 148 valence electrons. The number of aryl methyl sites for hydroxylation is 2. The van der Waals surface area contributed by atoms with Crippen LogP contribution < -0.4 is 9.67 Å². The maximum atomic E-state index is 12.4. The van der Waals surface area contributed by atoms with E-state index in [1.54, 1.807) is 6.92 Å². The van der Waals surface area contributed by atoms with Crippen molar-refractivity contribution in [2.45, 2.75) is 25.5 Å². The maximum Gasteiger partial charge on any atom is 0.238 e. The number of aliphatic hydroxyl groups excluding tert-OH is 1. The molecule has 2 aromatic heterocycles. The molecule has 2 aliphatic rings. The van der Waals surface area contributed by atoms with Crippen molar-refractivity contribution in [3.63, 3.8) is 0 Å². The number of carbonyl (C=O) groups is 2. The zero-order valence-electron chi connectivity index (χ0n) is 16.4. The van der Waals surface area contributed by atoms with Crippen molar-refractivity contribution < 1.29 is 24.4 Å². The minimum atomic E-state index is -1.36. The van der Waals surface area contributed by atoms with Crippen molar-refractivity contribution in [3.05, 3.63) is 47.8 Å². The second-order valence-electron chi connectivity index (χ2n) is 8.00. The Morgan fingerprint density at radius 2 is 2.07 bits per heavy atom. The first-order valence-electron chi connectivity index (χ1n) is 9.64. The zero-order chi connectivity index (χ0) is 20.6. The molecule has 0 aliphatic carbocycles. The van der Waals surface area contributed by atoms with Crippen LogP contribution in [0.4, 0.5) is 0 Å². The van der Waals surface area contributed by atoms with Gasteiger partial charge in [-0.15, -0.1) is 0 Å². The number of benzene rings is 1. The number of hydrogen-bond donors (Lipinski definition) is 1. The molecule has 1 fully saturated rings. The van der Waals surface area contributed by atoms with E-state index in [1.165, 1.54) is 4.90 Å². The average molecular weight is 391 g/mol. The Balaban J connectivity index is 1.71. The molecular weight excluding hydrogens is 370 g/mol. The number of rotatable bonds is 3. The molecule has 0 saturated carbocycles. The topological polar surface area (TPSA) is 89.5 Å². The van der Waals surface area contributed by atoms with Gasteiger partial charge < -0.3 is 24.5 Å². The van der Waals surface area contributed by atoms with E-state index in [2.05, 4.69) is 4.57 Å². The van der Waals surface area contributed by atoms with Crippen LogP contribution in [0.2, 0.25) is 0 Å². The summed E-state index contributed by atoms with van der Waals surface area (Å²) >= 11 is 0. The van der Waals surface area contributed by atoms with Crippen molar-refractivity contribution in [2.24, 2.45) is 20.0 Å². The van der Waals surface area contributed by atoms with Crippen molar-refractivity contribution in [1.29, 1.82) is 0 Å². The second-order valence-corrected chi connectivity index (χ2v) is 8.00. The summed E-state index contributed by atoms with van der Waals surface area (Å²) in [5.41, 5.74) is 4.46.